The Hall–Kier alpha value is -3.50. The van der Waals surface area contributed by atoms with Crippen LogP contribution in [0.15, 0.2) is 77.7 Å². The van der Waals surface area contributed by atoms with Gasteiger partial charge in [-0.05, 0) is 67.4 Å². The Balaban J connectivity index is 1.49. The van der Waals surface area contributed by atoms with E-state index in [1.54, 1.807) is 48.5 Å². The summed E-state index contributed by atoms with van der Waals surface area (Å²) in [5.74, 6) is -0.423. The second-order valence-electron chi connectivity index (χ2n) is 7.45. The minimum atomic E-state index is -3.65. The zero-order valence-corrected chi connectivity index (χ0v) is 18.1. The molecule has 172 valence electrons. The lowest BCUT2D eigenvalue weighted by atomic mass is 10.1. The zero-order chi connectivity index (χ0) is 23.4. The molecule has 0 spiro atoms. The molecule has 4 rings (SSSR count). The van der Waals surface area contributed by atoms with Crippen LogP contribution in [0.4, 0.5) is 25.8 Å². The topological polar surface area (TPSA) is 96.5 Å². The lowest BCUT2D eigenvalue weighted by Gasteiger charge is -2.13. The van der Waals surface area contributed by atoms with Crippen LogP contribution in [-0.2, 0) is 10.0 Å². The summed E-state index contributed by atoms with van der Waals surface area (Å²) >= 11 is 0. The molecular formula is C23H21F2N3O4S. The van der Waals surface area contributed by atoms with Gasteiger partial charge in [-0.25, -0.2) is 13.1 Å². The van der Waals surface area contributed by atoms with Crippen LogP contribution in [0.5, 0.6) is 5.75 Å². The number of hydrogen-bond acceptors (Lipinski definition) is 5. The van der Waals surface area contributed by atoms with Gasteiger partial charge in [0.15, 0.2) is 0 Å². The number of sulfonamides is 1. The van der Waals surface area contributed by atoms with Gasteiger partial charge in [0.05, 0.1) is 16.1 Å². The van der Waals surface area contributed by atoms with Crippen LogP contribution < -0.4 is 20.1 Å². The van der Waals surface area contributed by atoms with Crippen LogP contribution >= 0.6 is 0 Å². The first kappa shape index (κ1) is 22.7. The second kappa shape index (κ2) is 9.55. The molecule has 7 nitrogen and oxygen atoms in total. The van der Waals surface area contributed by atoms with Gasteiger partial charge in [0.25, 0.3) is 5.91 Å². The molecule has 0 bridgehead atoms. The predicted molar refractivity (Wildman–Crippen MR) is 121 cm³/mol. The Morgan fingerprint density at radius 3 is 2.36 bits per heavy atom. The molecule has 33 heavy (non-hydrogen) atoms. The number of para-hydroxylation sites is 1. The van der Waals surface area contributed by atoms with Gasteiger partial charge < -0.3 is 15.4 Å². The van der Waals surface area contributed by atoms with Crippen LogP contribution in [0.25, 0.3) is 0 Å². The van der Waals surface area contributed by atoms with Crippen molar-refractivity contribution < 1.29 is 26.7 Å². The average Bonchev–Trinajstić information content (AvgIpc) is 3.59. The van der Waals surface area contributed by atoms with E-state index in [2.05, 4.69) is 20.1 Å². The monoisotopic (exact) mass is 473 g/mol. The van der Waals surface area contributed by atoms with Gasteiger partial charge in [-0.15, -0.1) is 0 Å². The zero-order valence-electron chi connectivity index (χ0n) is 17.3. The van der Waals surface area contributed by atoms with Crippen molar-refractivity contribution in [2.45, 2.75) is 30.4 Å². The van der Waals surface area contributed by atoms with Gasteiger partial charge in [-0.3, -0.25) is 4.79 Å². The molecule has 3 aromatic carbocycles. The molecule has 0 saturated heterocycles. The van der Waals surface area contributed by atoms with Crippen molar-refractivity contribution in [3.05, 3.63) is 78.4 Å². The molecule has 0 aliphatic heterocycles. The van der Waals surface area contributed by atoms with Gasteiger partial charge in [-0.1, -0.05) is 18.2 Å². The molecule has 1 fully saturated rings. The first-order chi connectivity index (χ1) is 15.8. The third kappa shape index (κ3) is 6.05. The number of carbonyl (C=O) groups is 1. The fourth-order valence-corrected chi connectivity index (χ4v) is 4.44. The van der Waals surface area contributed by atoms with E-state index in [0.717, 1.165) is 12.8 Å². The number of rotatable bonds is 9. The van der Waals surface area contributed by atoms with E-state index in [1.807, 2.05) is 0 Å². The number of ether oxygens (including phenoxy) is 1. The van der Waals surface area contributed by atoms with Crippen molar-refractivity contribution in [3.63, 3.8) is 0 Å². The van der Waals surface area contributed by atoms with Crippen molar-refractivity contribution in [1.82, 2.24) is 4.72 Å². The van der Waals surface area contributed by atoms with Crippen molar-refractivity contribution in [1.29, 1.82) is 0 Å². The minimum absolute atomic E-state index is 0.0209. The number of alkyl halides is 2. The molecular weight excluding hydrogens is 452 g/mol. The van der Waals surface area contributed by atoms with Crippen molar-refractivity contribution in [2.75, 3.05) is 10.6 Å². The summed E-state index contributed by atoms with van der Waals surface area (Å²) in [7, 11) is -3.65. The molecule has 1 aliphatic rings. The summed E-state index contributed by atoms with van der Waals surface area (Å²) in [6, 6.07) is 18.6. The molecule has 1 saturated carbocycles. The maximum atomic E-state index is 12.9. The van der Waals surface area contributed by atoms with Gasteiger partial charge in [0.2, 0.25) is 10.0 Å². The van der Waals surface area contributed by atoms with Gasteiger partial charge in [0, 0.05) is 17.4 Å². The molecule has 0 unspecified atom stereocenters. The minimum Gasteiger partial charge on any atom is -0.435 e. The fourth-order valence-electron chi connectivity index (χ4n) is 3.09. The van der Waals surface area contributed by atoms with E-state index in [4.69, 9.17) is 0 Å². The summed E-state index contributed by atoms with van der Waals surface area (Å²) in [6.07, 6.45) is 1.64. The smallest absolute Gasteiger partial charge is 0.387 e. The lowest BCUT2D eigenvalue weighted by molar-refractivity contribution is -0.0498. The summed E-state index contributed by atoms with van der Waals surface area (Å²) in [4.78, 5) is 13.0. The first-order valence-corrected chi connectivity index (χ1v) is 11.6. The molecule has 0 heterocycles. The van der Waals surface area contributed by atoms with Crippen molar-refractivity contribution in [3.8, 4) is 5.75 Å². The number of halogens is 2. The van der Waals surface area contributed by atoms with E-state index in [9.17, 15) is 22.0 Å². The van der Waals surface area contributed by atoms with Crippen LogP contribution in [0, 0.1) is 0 Å². The first-order valence-electron chi connectivity index (χ1n) is 10.1. The maximum Gasteiger partial charge on any atom is 0.387 e. The Morgan fingerprint density at radius 2 is 1.67 bits per heavy atom. The number of benzene rings is 3. The molecule has 3 aromatic rings. The number of anilines is 3. The van der Waals surface area contributed by atoms with E-state index in [-0.39, 0.29) is 16.7 Å². The standard InChI is InChI=1S/C23H21F2N3O4S/c24-23(25)32-18-12-10-15(11-13-18)26-21-7-2-1-6-20(21)22(29)27-17-4-3-5-19(14-17)33(30,31)28-16-8-9-16/h1-7,10-14,16,23,26,28H,8-9H2,(H,27,29). The van der Waals surface area contributed by atoms with E-state index in [1.165, 1.54) is 24.3 Å². The highest BCUT2D eigenvalue weighted by atomic mass is 32.2. The summed E-state index contributed by atoms with van der Waals surface area (Å²) in [6.45, 7) is -2.91. The molecule has 0 atom stereocenters. The van der Waals surface area contributed by atoms with Crippen LogP contribution in [0.3, 0.4) is 0 Å². The summed E-state index contributed by atoms with van der Waals surface area (Å²) in [5, 5.41) is 5.80. The molecule has 0 aromatic heterocycles. The van der Waals surface area contributed by atoms with Gasteiger partial charge >= 0.3 is 6.61 Å². The van der Waals surface area contributed by atoms with E-state index in [0.29, 0.717) is 22.6 Å². The van der Waals surface area contributed by atoms with E-state index >= 15 is 0 Å². The third-order valence-electron chi connectivity index (χ3n) is 4.83. The van der Waals surface area contributed by atoms with Gasteiger partial charge in [-0.2, -0.15) is 8.78 Å². The predicted octanol–water partition coefficient (Wildman–Crippen LogP) is 4.72. The number of nitrogens with one attached hydrogen (secondary N) is 3. The van der Waals surface area contributed by atoms with Crippen LogP contribution in [0.1, 0.15) is 23.2 Å². The molecule has 1 amide bonds. The summed E-state index contributed by atoms with van der Waals surface area (Å²) < 4.78 is 56.5. The maximum absolute atomic E-state index is 12.9. The quantitative estimate of drug-likeness (QED) is 0.418. The SMILES string of the molecule is O=C(Nc1cccc(S(=O)(=O)NC2CC2)c1)c1ccccc1Nc1ccc(OC(F)F)cc1. The van der Waals surface area contributed by atoms with E-state index < -0.39 is 22.5 Å². The molecule has 1 aliphatic carbocycles. The third-order valence-corrected chi connectivity index (χ3v) is 6.35. The highest BCUT2D eigenvalue weighted by Crippen LogP contribution is 2.26. The van der Waals surface area contributed by atoms with Gasteiger partial charge in [0.1, 0.15) is 5.75 Å². The molecule has 10 heteroatoms. The number of hydrogen-bond donors (Lipinski definition) is 3. The lowest BCUT2D eigenvalue weighted by Crippen LogP contribution is -2.25. The Kier molecular flexibility index (Phi) is 6.57. The molecule has 0 radical (unpaired) electrons. The second-order valence-corrected chi connectivity index (χ2v) is 9.16. The Labute approximate surface area is 189 Å². The molecule has 3 N–H and O–H groups in total. The fraction of sp³-hybridized carbons (Fsp3) is 0.174. The Bertz CT molecular complexity index is 1250. The largest absolute Gasteiger partial charge is 0.435 e. The van der Waals surface area contributed by atoms with Crippen LogP contribution in [0.2, 0.25) is 0 Å². The summed E-state index contributed by atoms with van der Waals surface area (Å²) in [5.41, 5.74) is 1.70. The van der Waals surface area contributed by atoms with Crippen molar-refractivity contribution >= 4 is 33.0 Å². The highest BCUT2D eigenvalue weighted by molar-refractivity contribution is 7.89. The Morgan fingerprint density at radius 1 is 0.939 bits per heavy atom. The van der Waals surface area contributed by atoms with Crippen LogP contribution in [-0.4, -0.2) is 27.0 Å². The average molecular weight is 474 g/mol. The van der Waals surface area contributed by atoms with Crippen molar-refractivity contribution in [2.24, 2.45) is 0 Å². The normalized spacial score (nSPS) is 13.5. The highest BCUT2D eigenvalue weighted by Gasteiger charge is 2.28. The number of carbonyl (C=O) groups excluding carboxylic acids is 1. The number of amides is 1.